The fourth-order valence-corrected chi connectivity index (χ4v) is 6.06. The maximum absolute atomic E-state index is 11.7. The van der Waals surface area contributed by atoms with Crippen LogP contribution in [0.4, 0.5) is 4.79 Å². The smallest absolute Gasteiger partial charge is 0.187 e. The molecule has 0 aliphatic rings. The van der Waals surface area contributed by atoms with E-state index in [4.69, 9.17) is 0 Å². The van der Waals surface area contributed by atoms with E-state index in [9.17, 15) is 4.79 Å². The summed E-state index contributed by atoms with van der Waals surface area (Å²) in [7, 11) is 1.13. The minimum atomic E-state index is -0.488. The van der Waals surface area contributed by atoms with Crippen molar-refractivity contribution in [1.29, 1.82) is 0 Å². The van der Waals surface area contributed by atoms with Gasteiger partial charge in [-0.2, -0.15) is 22.4 Å². The minimum Gasteiger partial charge on any atom is -0.301 e. The number of hydrogen-bond donors (Lipinski definition) is 0. The van der Waals surface area contributed by atoms with Crippen LogP contribution in [0.2, 0.25) is 0 Å². The standard InChI is InChI=1S/C14H12B2IOPS/c17-16-15-14(18)20-11-19(12-7-3-1-4-8-12)13-9-5-2-6-10-13/h1-10H,11H2. The van der Waals surface area contributed by atoms with E-state index in [1.165, 1.54) is 22.4 Å². The Morgan fingerprint density at radius 1 is 1.00 bits per heavy atom. The van der Waals surface area contributed by atoms with Gasteiger partial charge in [0, 0.05) is 5.49 Å². The molecule has 0 aliphatic heterocycles. The lowest BCUT2D eigenvalue weighted by Gasteiger charge is -2.17. The number of halogens is 1. The number of carbonyl (C=O) groups excluding carboxylic acids is 1. The molecule has 2 aromatic carbocycles. The molecule has 6 heteroatoms. The van der Waals surface area contributed by atoms with Gasteiger partial charge in [0.05, 0.1) is 0 Å². The quantitative estimate of drug-likeness (QED) is 0.413. The number of hydrogen-bond acceptors (Lipinski definition) is 2. The van der Waals surface area contributed by atoms with Crippen LogP contribution < -0.4 is 10.6 Å². The number of thioether (sulfide) groups is 1. The van der Waals surface area contributed by atoms with Crippen molar-refractivity contribution in [3.63, 3.8) is 0 Å². The summed E-state index contributed by atoms with van der Waals surface area (Å²) >= 11 is 3.47. The zero-order valence-electron chi connectivity index (χ0n) is 10.8. The molecule has 0 atom stereocenters. The van der Waals surface area contributed by atoms with Gasteiger partial charge in [0.15, 0.2) is 12.2 Å². The highest BCUT2D eigenvalue weighted by molar-refractivity contribution is 14.1. The predicted octanol–water partition coefficient (Wildman–Crippen LogP) is 3.60. The third-order valence-electron chi connectivity index (χ3n) is 2.67. The topological polar surface area (TPSA) is 17.1 Å². The normalized spacial score (nSPS) is 10.3. The summed E-state index contributed by atoms with van der Waals surface area (Å²) in [6.07, 6.45) is 0. The van der Waals surface area contributed by atoms with Crippen molar-refractivity contribution in [3.8, 4) is 0 Å². The summed E-state index contributed by atoms with van der Waals surface area (Å²) < 4.78 is 0. The van der Waals surface area contributed by atoms with Gasteiger partial charge in [0.2, 0.25) is 0 Å². The Balaban J connectivity index is 2.15. The Morgan fingerprint density at radius 3 is 1.95 bits per heavy atom. The van der Waals surface area contributed by atoms with Gasteiger partial charge in [-0.25, -0.2) is 0 Å². The van der Waals surface area contributed by atoms with E-state index >= 15 is 0 Å². The Morgan fingerprint density at radius 2 is 1.50 bits per heavy atom. The zero-order valence-corrected chi connectivity index (χ0v) is 14.6. The van der Waals surface area contributed by atoms with Crippen LogP contribution in [0, 0.1) is 0 Å². The first-order valence-electron chi connectivity index (χ1n) is 6.12. The van der Waals surface area contributed by atoms with Crippen LogP contribution in [0.25, 0.3) is 0 Å². The van der Waals surface area contributed by atoms with E-state index in [0.717, 1.165) is 5.49 Å². The van der Waals surface area contributed by atoms with Gasteiger partial charge in [-0.1, -0.05) is 72.4 Å². The molecular formula is C14H12B2IOPS. The second kappa shape index (κ2) is 8.91. The lowest BCUT2D eigenvalue weighted by molar-refractivity contribution is 0.275. The molecule has 0 bridgehead atoms. The van der Waals surface area contributed by atoms with E-state index in [-0.39, 0.29) is 5.01 Å². The van der Waals surface area contributed by atoms with Crippen LogP contribution in [0.5, 0.6) is 0 Å². The van der Waals surface area contributed by atoms with Crippen molar-refractivity contribution in [1.82, 2.24) is 0 Å². The van der Waals surface area contributed by atoms with Crippen LogP contribution in [0.3, 0.4) is 0 Å². The fourth-order valence-electron chi connectivity index (χ4n) is 1.74. The first-order chi connectivity index (χ1) is 9.81. The van der Waals surface area contributed by atoms with Crippen molar-refractivity contribution in [2.45, 2.75) is 0 Å². The maximum atomic E-state index is 11.7. The molecule has 0 spiro atoms. The molecule has 0 N–H and O–H groups in total. The van der Waals surface area contributed by atoms with Gasteiger partial charge in [0.1, 0.15) is 5.01 Å². The number of rotatable bonds is 6. The Bertz CT molecular complexity index is 502. The highest BCUT2D eigenvalue weighted by Gasteiger charge is 2.15. The molecule has 98 valence electrons. The average Bonchev–Trinajstić information content (AvgIpc) is 2.50. The van der Waals surface area contributed by atoms with E-state index in [2.05, 4.69) is 70.9 Å². The molecule has 0 unspecified atom stereocenters. The van der Waals surface area contributed by atoms with Gasteiger partial charge < -0.3 is 4.79 Å². The second-order valence-electron chi connectivity index (χ2n) is 3.98. The van der Waals surface area contributed by atoms with Crippen LogP contribution >= 0.6 is 42.1 Å². The lowest BCUT2D eigenvalue weighted by atomic mass is 9.57. The van der Waals surface area contributed by atoms with E-state index in [1.54, 1.807) is 12.2 Å². The maximum Gasteiger partial charge on any atom is 0.187 e. The molecule has 0 fully saturated rings. The minimum absolute atomic E-state index is 0.124. The zero-order chi connectivity index (χ0) is 14.2. The van der Waals surface area contributed by atoms with Crippen molar-refractivity contribution < 1.29 is 4.79 Å². The molecule has 0 saturated carbocycles. The van der Waals surface area contributed by atoms with Crippen molar-refractivity contribution in [3.05, 3.63) is 60.7 Å². The van der Waals surface area contributed by atoms with Crippen molar-refractivity contribution in [2.75, 3.05) is 5.49 Å². The van der Waals surface area contributed by atoms with Gasteiger partial charge in [-0.15, -0.1) is 0 Å². The molecule has 2 radical (unpaired) electrons. The monoisotopic (exact) mass is 408 g/mol. The highest BCUT2D eigenvalue weighted by Crippen LogP contribution is 2.37. The summed E-state index contributed by atoms with van der Waals surface area (Å²) in [6, 6.07) is 20.9. The molecule has 0 saturated heterocycles. The first kappa shape index (κ1) is 16.1. The summed E-state index contributed by atoms with van der Waals surface area (Å²) in [5, 5.41) is 4.51. The first-order valence-corrected chi connectivity index (χ1v) is 9.88. The number of benzene rings is 2. The average molecular weight is 408 g/mol. The lowest BCUT2D eigenvalue weighted by Crippen LogP contribution is -2.14. The van der Waals surface area contributed by atoms with Crippen LogP contribution in [0.1, 0.15) is 0 Å². The third kappa shape index (κ3) is 4.94. The van der Waals surface area contributed by atoms with E-state index < -0.39 is 7.92 Å². The van der Waals surface area contributed by atoms with Crippen LogP contribution in [-0.4, -0.2) is 22.7 Å². The Kier molecular flexibility index (Phi) is 7.18. The molecule has 0 amide bonds. The molecular weight excluding hydrogens is 396 g/mol. The molecule has 0 heterocycles. The van der Waals surface area contributed by atoms with E-state index in [0.29, 0.717) is 0 Å². The van der Waals surface area contributed by atoms with E-state index in [1.807, 2.05) is 12.1 Å². The Hall–Kier alpha value is -0.250. The summed E-state index contributed by atoms with van der Waals surface area (Å²) in [6.45, 7) is 0. The highest BCUT2D eigenvalue weighted by atomic mass is 127. The molecule has 0 aromatic heterocycles. The SMILES string of the molecule is O=C([B][B]I)SCP(c1ccccc1)c1ccccc1. The van der Waals surface area contributed by atoms with Crippen LogP contribution in [0.15, 0.2) is 60.7 Å². The van der Waals surface area contributed by atoms with Crippen LogP contribution in [-0.2, 0) is 0 Å². The van der Waals surface area contributed by atoms with Crippen molar-refractivity contribution in [2.24, 2.45) is 0 Å². The molecule has 2 aromatic rings. The van der Waals surface area contributed by atoms with Gasteiger partial charge in [-0.3, -0.25) is 0 Å². The number of carbonyl (C=O) groups is 1. The Labute approximate surface area is 140 Å². The fraction of sp³-hybridized carbons (Fsp3) is 0.0714. The predicted molar refractivity (Wildman–Crippen MR) is 102 cm³/mol. The molecule has 2 rings (SSSR count). The largest absolute Gasteiger partial charge is 0.301 e. The molecule has 20 heavy (non-hydrogen) atoms. The summed E-state index contributed by atoms with van der Waals surface area (Å²) in [5.41, 5.74) is 0.823. The third-order valence-corrected chi connectivity index (χ3v) is 6.84. The molecule has 0 aliphatic carbocycles. The van der Waals surface area contributed by atoms with Gasteiger partial charge in [-0.05, 0) is 18.5 Å². The molecule has 1 nitrogen and oxygen atoms in total. The second-order valence-corrected chi connectivity index (χ2v) is 8.32. The van der Waals surface area contributed by atoms with Crippen molar-refractivity contribution >= 4 is 69.9 Å². The van der Waals surface area contributed by atoms with Gasteiger partial charge in [0.25, 0.3) is 0 Å². The summed E-state index contributed by atoms with van der Waals surface area (Å²) in [4.78, 5) is 11.7. The van der Waals surface area contributed by atoms with Gasteiger partial charge >= 0.3 is 0 Å². The summed E-state index contributed by atoms with van der Waals surface area (Å²) in [5.74, 6) is 0.